The number of halogens is 1. The van der Waals surface area contributed by atoms with Crippen LogP contribution in [0.2, 0.25) is 0 Å². The minimum absolute atomic E-state index is 0.162. The molecule has 3 aromatic carbocycles. The van der Waals surface area contributed by atoms with Crippen molar-refractivity contribution in [1.82, 2.24) is 4.72 Å². The topological polar surface area (TPSA) is 64.6 Å². The Labute approximate surface area is 161 Å². The van der Waals surface area contributed by atoms with Crippen molar-refractivity contribution in [3.05, 3.63) is 65.1 Å². The van der Waals surface area contributed by atoms with Gasteiger partial charge in [-0.15, -0.1) is 0 Å². The van der Waals surface area contributed by atoms with E-state index in [4.69, 9.17) is 9.47 Å². The first-order valence-corrected chi connectivity index (χ1v) is 10.2. The Morgan fingerprint density at radius 2 is 1.77 bits per heavy atom. The fourth-order valence-corrected chi connectivity index (χ4v) is 4.29. The van der Waals surface area contributed by atoms with Crippen LogP contribution in [-0.4, -0.2) is 28.7 Å². The van der Waals surface area contributed by atoms with E-state index in [0.29, 0.717) is 10.2 Å². The third-order valence-corrected chi connectivity index (χ3v) is 5.91. The van der Waals surface area contributed by atoms with Crippen LogP contribution in [0.4, 0.5) is 0 Å². The quantitative estimate of drug-likeness (QED) is 0.570. The predicted molar refractivity (Wildman–Crippen MR) is 105 cm³/mol. The van der Waals surface area contributed by atoms with Gasteiger partial charge in [-0.25, -0.2) is 13.1 Å². The zero-order valence-corrected chi connectivity index (χ0v) is 16.5. The molecule has 0 spiro atoms. The van der Waals surface area contributed by atoms with Crippen LogP contribution in [0.1, 0.15) is 0 Å². The number of sulfonamides is 1. The van der Waals surface area contributed by atoms with E-state index >= 15 is 0 Å². The first kappa shape index (κ1) is 18.7. The molecule has 0 saturated carbocycles. The van der Waals surface area contributed by atoms with Gasteiger partial charge in [0.15, 0.2) is 0 Å². The summed E-state index contributed by atoms with van der Waals surface area (Å²) in [7, 11) is -2.10. The Balaban J connectivity index is 1.63. The first-order valence-electron chi connectivity index (χ1n) is 7.95. The summed E-state index contributed by atoms with van der Waals surface area (Å²) in [6.07, 6.45) is 0. The molecule has 0 unspecified atom stereocenters. The lowest BCUT2D eigenvalue weighted by Gasteiger charge is -2.11. The molecule has 136 valence electrons. The summed E-state index contributed by atoms with van der Waals surface area (Å²) in [6, 6.07) is 18.3. The average molecular weight is 436 g/mol. The normalized spacial score (nSPS) is 11.5. The van der Waals surface area contributed by atoms with Gasteiger partial charge in [-0.1, -0.05) is 36.4 Å². The van der Waals surface area contributed by atoms with Crippen LogP contribution < -0.4 is 14.2 Å². The van der Waals surface area contributed by atoms with Crippen LogP contribution >= 0.6 is 15.9 Å². The Morgan fingerprint density at radius 3 is 2.54 bits per heavy atom. The Kier molecular flexibility index (Phi) is 5.80. The van der Waals surface area contributed by atoms with Crippen molar-refractivity contribution < 1.29 is 17.9 Å². The molecule has 0 fully saturated rings. The molecule has 7 heteroatoms. The second-order valence-corrected chi connectivity index (χ2v) is 8.14. The number of ether oxygens (including phenoxy) is 2. The average Bonchev–Trinajstić information content (AvgIpc) is 2.65. The van der Waals surface area contributed by atoms with E-state index in [1.54, 1.807) is 6.07 Å². The molecule has 0 saturated heterocycles. The van der Waals surface area contributed by atoms with Gasteiger partial charge in [-0.05, 0) is 45.6 Å². The third kappa shape index (κ3) is 4.17. The van der Waals surface area contributed by atoms with Crippen LogP contribution in [0.15, 0.2) is 70.0 Å². The zero-order valence-electron chi connectivity index (χ0n) is 14.1. The van der Waals surface area contributed by atoms with Crippen LogP contribution in [-0.2, 0) is 10.0 Å². The molecule has 0 aliphatic heterocycles. The van der Waals surface area contributed by atoms with Crippen molar-refractivity contribution in [1.29, 1.82) is 0 Å². The van der Waals surface area contributed by atoms with Crippen LogP contribution in [0.5, 0.6) is 11.5 Å². The van der Waals surface area contributed by atoms with Gasteiger partial charge in [0.2, 0.25) is 10.0 Å². The third-order valence-electron chi connectivity index (χ3n) is 3.83. The van der Waals surface area contributed by atoms with E-state index in [9.17, 15) is 8.42 Å². The fraction of sp³-hybridized carbons (Fsp3) is 0.158. The van der Waals surface area contributed by atoms with Crippen molar-refractivity contribution in [2.75, 3.05) is 20.3 Å². The van der Waals surface area contributed by atoms with Gasteiger partial charge >= 0.3 is 0 Å². The SMILES string of the molecule is COc1ccc(S(=O)(=O)NCCOc2cccc3ccccc23)cc1Br. The van der Waals surface area contributed by atoms with Gasteiger partial charge in [0, 0.05) is 11.9 Å². The van der Waals surface area contributed by atoms with Gasteiger partial charge < -0.3 is 9.47 Å². The van der Waals surface area contributed by atoms with Crippen molar-refractivity contribution in [3.8, 4) is 11.5 Å². The molecule has 0 aliphatic rings. The molecule has 26 heavy (non-hydrogen) atoms. The highest BCUT2D eigenvalue weighted by atomic mass is 79.9. The molecule has 0 aliphatic carbocycles. The van der Waals surface area contributed by atoms with Gasteiger partial charge in [0.05, 0.1) is 16.5 Å². The molecule has 0 heterocycles. The number of fused-ring (bicyclic) bond motifs is 1. The second kappa shape index (κ2) is 8.07. The smallest absolute Gasteiger partial charge is 0.240 e. The summed E-state index contributed by atoms with van der Waals surface area (Å²) in [6.45, 7) is 0.389. The highest BCUT2D eigenvalue weighted by Gasteiger charge is 2.15. The maximum absolute atomic E-state index is 12.4. The van der Waals surface area contributed by atoms with E-state index in [0.717, 1.165) is 16.5 Å². The van der Waals surface area contributed by atoms with Gasteiger partial charge in [-0.2, -0.15) is 0 Å². The molecule has 0 atom stereocenters. The molecular formula is C19H18BrNO4S. The summed E-state index contributed by atoms with van der Waals surface area (Å²) in [5.41, 5.74) is 0. The molecule has 1 N–H and O–H groups in total. The number of methoxy groups -OCH3 is 1. The van der Waals surface area contributed by atoms with Gasteiger partial charge in [0.1, 0.15) is 18.1 Å². The van der Waals surface area contributed by atoms with Crippen LogP contribution in [0.3, 0.4) is 0 Å². The highest BCUT2D eigenvalue weighted by Crippen LogP contribution is 2.27. The van der Waals surface area contributed by atoms with Crippen LogP contribution in [0.25, 0.3) is 10.8 Å². The second-order valence-electron chi connectivity index (χ2n) is 5.52. The minimum atomic E-state index is -3.62. The standard InChI is InChI=1S/C19H18BrNO4S/c1-24-19-10-9-15(13-17(19)20)26(22,23)21-11-12-25-18-8-4-6-14-5-2-3-7-16(14)18/h2-10,13,21H,11-12H2,1H3. The summed E-state index contributed by atoms with van der Waals surface area (Å²) in [4.78, 5) is 0.162. The molecule has 0 radical (unpaired) electrons. The minimum Gasteiger partial charge on any atom is -0.496 e. The number of hydrogen-bond acceptors (Lipinski definition) is 4. The summed E-state index contributed by atoms with van der Waals surface area (Å²) >= 11 is 3.29. The van der Waals surface area contributed by atoms with Gasteiger partial charge in [0.25, 0.3) is 0 Å². The van der Waals surface area contributed by atoms with E-state index in [2.05, 4.69) is 20.7 Å². The van der Waals surface area contributed by atoms with Crippen molar-refractivity contribution in [2.24, 2.45) is 0 Å². The van der Waals surface area contributed by atoms with E-state index < -0.39 is 10.0 Å². The van der Waals surface area contributed by atoms with Crippen molar-refractivity contribution >= 4 is 36.7 Å². The molecule has 0 bridgehead atoms. The molecular weight excluding hydrogens is 418 g/mol. The van der Waals surface area contributed by atoms with E-state index in [1.807, 2.05) is 42.5 Å². The Morgan fingerprint density at radius 1 is 1.00 bits per heavy atom. The summed E-state index contributed by atoms with van der Waals surface area (Å²) in [5, 5.41) is 2.07. The number of benzene rings is 3. The Hall–Kier alpha value is -2.09. The van der Waals surface area contributed by atoms with Crippen molar-refractivity contribution in [3.63, 3.8) is 0 Å². The number of hydrogen-bond donors (Lipinski definition) is 1. The lowest BCUT2D eigenvalue weighted by molar-refractivity contribution is 0.326. The lowest BCUT2D eigenvalue weighted by Crippen LogP contribution is -2.28. The zero-order chi connectivity index (χ0) is 18.6. The fourth-order valence-electron chi connectivity index (χ4n) is 2.56. The highest BCUT2D eigenvalue weighted by molar-refractivity contribution is 9.10. The summed E-state index contributed by atoms with van der Waals surface area (Å²) in [5.74, 6) is 1.30. The Bertz CT molecular complexity index is 1020. The number of rotatable bonds is 7. The number of nitrogens with one attached hydrogen (secondary N) is 1. The monoisotopic (exact) mass is 435 g/mol. The maximum atomic E-state index is 12.4. The van der Waals surface area contributed by atoms with Gasteiger partial charge in [-0.3, -0.25) is 0 Å². The molecule has 3 rings (SSSR count). The molecule has 0 aromatic heterocycles. The lowest BCUT2D eigenvalue weighted by atomic mass is 10.1. The van der Waals surface area contributed by atoms with Crippen LogP contribution in [0, 0.1) is 0 Å². The maximum Gasteiger partial charge on any atom is 0.240 e. The molecule has 3 aromatic rings. The van der Waals surface area contributed by atoms with E-state index in [1.165, 1.54) is 19.2 Å². The van der Waals surface area contributed by atoms with Crippen molar-refractivity contribution in [2.45, 2.75) is 4.90 Å². The summed E-state index contributed by atoms with van der Waals surface area (Å²) < 4.78 is 38.7. The van der Waals surface area contributed by atoms with E-state index in [-0.39, 0.29) is 18.0 Å². The molecule has 5 nitrogen and oxygen atoms in total. The molecule has 0 amide bonds. The first-order chi connectivity index (χ1) is 12.5. The predicted octanol–water partition coefficient (Wildman–Crippen LogP) is 3.97. The largest absolute Gasteiger partial charge is 0.496 e.